The minimum atomic E-state index is -0.559. The zero-order chi connectivity index (χ0) is 23.4. The number of piperazine rings is 1. The minimum Gasteiger partial charge on any atom is -0.472 e. The van der Waals surface area contributed by atoms with Crippen molar-refractivity contribution in [3.05, 3.63) is 78.0 Å². The molecule has 3 aromatic rings. The van der Waals surface area contributed by atoms with Crippen molar-refractivity contribution in [1.29, 1.82) is 0 Å². The average molecular weight is 452 g/mol. The second kappa shape index (κ2) is 9.85. The maximum Gasteiger partial charge on any atom is 0.322 e. The maximum atomic E-state index is 14.7. The fraction of sp³-hybridized carbons (Fsp3) is 0.250. The van der Waals surface area contributed by atoms with Crippen LogP contribution in [0.4, 0.5) is 14.9 Å². The van der Waals surface area contributed by atoms with Crippen LogP contribution in [-0.4, -0.2) is 54.5 Å². The smallest absolute Gasteiger partial charge is 0.322 e. The van der Waals surface area contributed by atoms with Gasteiger partial charge < -0.3 is 19.5 Å². The van der Waals surface area contributed by atoms with Crippen LogP contribution in [0.1, 0.15) is 15.9 Å². The molecule has 0 bridgehead atoms. The predicted molar refractivity (Wildman–Crippen MR) is 123 cm³/mol. The number of carbonyl (C=O) groups excluding carboxylic acids is 2. The summed E-state index contributed by atoms with van der Waals surface area (Å²) in [5, 5.41) is 2.97. The Labute approximate surface area is 191 Å². The monoisotopic (exact) mass is 451 g/mol. The third kappa shape index (κ3) is 5.21. The fourth-order valence-corrected chi connectivity index (χ4v) is 4.04. The molecule has 0 spiro atoms. The number of likely N-dealkylation sites (N-methyl/N-ethyl adjacent to an activating group) is 1. The lowest BCUT2D eigenvalue weighted by molar-refractivity contribution is 0.0953. The second-order valence-corrected chi connectivity index (χ2v) is 8.12. The highest BCUT2D eigenvalue weighted by atomic mass is 19.1. The molecule has 172 valence electrons. The minimum absolute atomic E-state index is 0.145. The number of hydrazine groups is 1. The van der Waals surface area contributed by atoms with Gasteiger partial charge in [-0.1, -0.05) is 18.2 Å². The number of nitrogen functional groups attached to an aromatic ring is 1. The third-order valence-electron chi connectivity index (χ3n) is 5.82. The lowest BCUT2D eigenvalue weighted by atomic mass is 10.0. The molecule has 9 heteroatoms. The van der Waals surface area contributed by atoms with E-state index in [1.165, 1.54) is 6.07 Å². The standard InChI is InChI=1S/C24H26FN5O3/c1-29-8-9-30(21(14-29)12-17-5-6-18(13-22(17)25)23(31)28-26)24(32)27-20-4-2-3-16(11-20)19-7-10-33-15-19/h2-7,10-11,13,15,21H,8-9,12,14,26H2,1H3,(H,27,32)(H,28,31). The zero-order valence-corrected chi connectivity index (χ0v) is 18.3. The molecule has 4 N–H and O–H groups in total. The Hall–Kier alpha value is -3.69. The van der Waals surface area contributed by atoms with Gasteiger partial charge in [0.1, 0.15) is 5.82 Å². The van der Waals surface area contributed by atoms with Crippen LogP contribution in [0.3, 0.4) is 0 Å². The Morgan fingerprint density at radius 3 is 2.73 bits per heavy atom. The molecule has 2 aromatic carbocycles. The number of hydrogen-bond acceptors (Lipinski definition) is 5. The van der Waals surface area contributed by atoms with Crippen LogP contribution in [0.5, 0.6) is 0 Å². The Morgan fingerprint density at radius 2 is 2.00 bits per heavy atom. The van der Waals surface area contributed by atoms with Crippen LogP contribution in [0.2, 0.25) is 0 Å². The Kier molecular flexibility index (Phi) is 6.71. The van der Waals surface area contributed by atoms with Crippen LogP contribution in [-0.2, 0) is 6.42 Å². The van der Waals surface area contributed by atoms with Gasteiger partial charge in [0, 0.05) is 36.4 Å². The normalized spacial score (nSPS) is 16.5. The summed E-state index contributed by atoms with van der Waals surface area (Å²) in [6.07, 6.45) is 3.57. The summed E-state index contributed by atoms with van der Waals surface area (Å²) in [5.74, 6) is 4.06. The lowest BCUT2D eigenvalue weighted by Crippen LogP contribution is -2.56. The quantitative estimate of drug-likeness (QED) is 0.314. The molecule has 0 saturated carbocycles. The van der Waals surface area contributed by atoms with Gasteiger partial charge in [-0.25, -0.2) is 15.0 Å². The van der Waals surface area contributed by atoms with Gasteiger partial charge in [-0.3, -0.25) is 10.2 Å². The van der Waals surface area contributed by atoms with Crippen molar-refractivity contribution in [2.24, 2.45) is 5.84 Å². The van der Waals surface area contributed by atoms with Crippen molar-refractivity contribution in [3.63, 3.8) is 0 Å². The summed E-state index contributed by atoms with van der Waals surface area (Å²) in [7, 11) is 1.97. The van der Waals surface area contributed by atoms with E-state index in [4.69, 9.17) is 10.3 Å². The van der Waals surface area contributed by atoms with E-state index in [1.54, 1.807) is 23.5 Å². The zero-order valence-electron chi connectivity index (χ0n) is 18.3. The number of benzene rings is 2. The molecule has 1 fully saturated rings. The number of nitrogens with zero attached hydrogens (tertiary/aromatic N) is 2. The van der Waals surface area contributed by atoms with Gasteiger partial charge in [-0.2, -0.15) is 0 Å². The summed E-state index contributed by atoms with van der Waals surface area (Å²) in [6, 6.07) is 13.2. The van der Waals surface area contributed by atoms with Crippen LogP contribution >= 0.6 is 0 Å². The number of anilines is 1. The van der Waals surface area contributed by atoms with Crippen molar-refractivity contribution in [2.45, 2.75) is 12.5 Å². The average Bonchev–Trinajstić information content (AvgIpc) is 3.35. The molecule has 1 aliphatic heterocycles. The second-order valence-electron chi connectivity index (χ2n) is 8.12. The molecular formula is C24H26FN5O3. The van der Waals surface area contributed by atoms with Gasteiger partial charge in [-0.15, -0.1) is 0 Å². The molecule has 0 aliphatic carbocycles. The van der Waals surface area contributed by atoms with E-state index in [0.29, 0.717) is 30.8 Å². The summed E-state index contributed by atoms with van der Waals surface area (Å²) in [6.45, 7) is 1.84. The van der Waals surface area contributed by atoms with Crippen molar-refractivity contribution in [3.8, 4) is 11.1 Å². The molecule has 1 aliphatic rings. The van der Waals surface area contributed by atoms with Gasteiger partial charge in [0.15, 0.2) is 0 Å². The first kappa shape index (κ1) is 22.5. The van der Waals surface area contributed by atoms with Gasteiger partial charge in [0.2, 0.25) is 0 Å². The highest BCUT2D eigenvalue weighted by Gasteiger charge is 2.30. The molecule has 1 saturated heterocycles. The molecule has 0 radical (unpaired) electrons. The number of rotatable bonds is 5. The lowest BCUT2D eigenvalue weighted by Gasteiger charge is -2.40. The predicted octanol–water partition coefficient (Wildman–Crippen LogP) is 3.08. The Balaban J connectivity index is 1.50. The number of nitrogens with one attached hydrogen (secondary N) is 2. The third-order valence-corrected chi connectivity index (χ3v) is 5.82. The maximum absolute atomic E-state index is 14.7. The number of amides is 3. The summed E-state index contributed by atoms with van der Waals surface area (Å²) >= 11 is 0. The summed E-state index contributed by atoms with van der Waals surface area (Å²) in [4.78, 5) is 28.7. The van der Waals surface area contributed by atoms with E-state index in [-0.39, 0.29) is 17.6 Å². The summed E-state index contributed by atoms with van der Waals surface area (Å²) < 4.78 is 19.8. The number of urea groups is 1. The van der Waals surface area contributed by atoms with Gasteiger partial charge >= 0.3 is 6.03 Å². The van der Waals surface area contributed by atoms with E-state index in [9.17, 15) is 14.0 Å². The van der Waals surface area contributed by atoms with Crippen molar-refractivity contribution >= 4 is 17.6 Å². The van der Waals surface area contributed by atoms with Crippen molar-refractivity contribution < 1.29 is 18.4 Å². The van der Waals surface area contributed by atoms with Crippen molar-refractivity contribution in [2.75, 3.05) is 32.0 Å². The molecule has 4 rings (SSSR count). The number of hydrogen-bond donors (Lipinski definition) is 3. The molecule has 33 heavy (non-hydrogen) atoms. The summed E-state index contributed by atoms with van der Waals surface area (Å²) in [5.41, 5.74) is 5.09. The van der Waals surface area contributed by atoms with Crippen LogP contribution in [0, 0.1) is 5.82 Å². The van der Waals surface area contributed by atoms with Gasteiger partial charge in [0.25, 0.3) is 5.91 Å². The van der Waals surface area contributed by atoms with E-state index in [0.717, 1.165) is 23.7 Å². The Bertz CT molecular complexity index is 1130. The first-order valence-electron chi connectivity index (χ1n) is 10.6. The van der Waals surface area contributed by atoms with E-state index in [2.05, 4.69) is 10.2 Å². The molecule has 1 atom stereocenters. The van der Waals surface area contributed by atoms with Crippen LogP contribution in [0.25, 0.3) is 11.1 Å². The van der Waals surface area contributed by atoms with Gasteiger partial charge in [0.05, 0.1) is 18.6 Å². The van der Waals surface area contributed by atoms with Gasteiger partial charge in [-0.05, 0) is 54.9 Å². The fourth-order valence-electron chi connectivity index (χ4n) is 4.04. The Morgan fingerprint density at radius 1 is 1.15 bits per heavy atom. The molecule has 3 amide bonds. The van der Waals surface area contributed by atoms with E-state index < -0.39 is 11.7 Å². The number of nitrogens with two attached hydrogens (primary N) is 1. The molecule has 1 unspecified atom stereocenters. The van der Waals surface area contributed by atoms with Crippen molar-refractivity contribution in [1.82, 2.24) is 15.2 Å². The number of furan rings is 1. The number of halogens is 1. The number of carbonyl (C=O) groups is 2. The molecule has 1 aromatic heterocycles. The van der Waals surface area contributed by atoms with E-state index >= 15 is 0 Å². The molecular weight excluding hydrogens is 425 g/mol. The SMILES string of the molecule is CN1CCN(C(=O)Nc2cccc(-c3ccoc3)c2)C(Cc2ccc(C(=O)NN)cc2F)C1. The first-order valence-corrected chi connectivity index (χ1v) is 10.6. The van der Waals surface area contributed by atoms with E-state index in [1.807, 2.05) is 42.8 Å². The van der Waals surface area contributed by atoms with Crippen LogP contribution in [0.15, 0.2) is 65.5 Å². The molecule has 2 heterocycles. The van der Waals surface area contributed by atoms with Crippen LogP contribution < -0.4 is 16.6 Å². The highest BCUT2D eigenvalue weighted by Crippen LogP contribution is 2.24. The first-order chi connectivity index (χ1) is 15.9. The molecule has 8 nitrogen and oxygen atoms in total. The topological polar surface area (TPSA) is 104 Å². The highest BCUT2D eigenvalue weighted by molar-refractivity contribution is 5.93. The largest absolute Gasteiger partial charge is 0.472 e.